The van der Waals surface area contributed by atoms with E-state index < -0.39 is 0 Å². The average molecular weight is 351 g/mol. The first kappa shape index (κ1) is 19.4. The van der Waals surface area contributed by atoms with Crippen LogP contribution in [-0.2, 0) is 16.0 Å². The lowest BCUT2D eigenvalue weighted by atomic mass is 9.96. The van der Waals surface area contributed by atoms with E-state index in [9.17, 15) is 9.59 Å². The van der Waals surface area contributed by atoms with Crippen LogP contribution in [0.4, 0.5) is 0 Å². The van der Waals surface area contributed by atoms with Gasteiger partial charge in [0.1, 0.15) is 0 Å². The molecule has 0 saturated carbocycles. The Kier molecular flexibility index (Phi) is 7.62. The van der Waals surface area contributed by atoms with Gasteiger partial charge in [0, 0.05) is 12.0 Å². The van der Waals surface area contributed by atoms with E-state index in [2.05, 4.69) is 11.9 Å². The van der Waals surface area contributed by atoms with Crippen molar-refractivity contribution >= 4 is 11.9 Å². The molecule has 4 nitrogen and oxygen atoms in total. The zero-order chi connectivity index (χ0) is 18.8. The number of hydrogen-bond acceptors (Lipinski definition) is 3. The predicted octanol–water partition coefficient (Wildman–Crippen LogP) is 3.93. The van der Waals surface area contributed by atoms with Gasteiger partial charge in [-0.1, -0.05) is 60.7 Å². The maximum absolute atomic E-state index is 12.5. The molecule has 0 radical (unpaired) electrons. The first-order chi connectivity index (χ1) is 12.6. The molecule has 1 atom stereocenters. The molecule has 0 saturated heterocycles. The number of benzene rings is 2. The summed E-state index contributed by atoms with van der Waals surface area (Å²) in [6, 6.07) is 18.7. The first-order valence-corrected chi connectivity index (χ1v) is 8.83. The fourth-order valence-corrected chi connectivity index (χ4v) is 2.65. The number of rotatable bonds is 9. The fourth-order valence-electron chi connectivity index (χ4n) is 2.65. The Morgan fingerprint density at radius 3 is 2.23 bits per heavy atom. The Balaban J connectivity index is 2.06. The van der Waals surface area contributed by atoms with E-state index in [1.54, 1.807) is 19.1 Å². The van der Waals surface area contributed by atoms with E-state index in [1.807, 2.05) is 48.5 Å². The maximum Gasteiger partial charge on any atom is 0.306 e. The fraction of sp³-hybridized carbons (Fsp3) is 0.273. The van der Waals surface area contributed by atoms with E-state index in [4.69, 9.17) is 4.74 Å². The van der Waals surface area contributed by atoms with Crippen LogP contribution in [0, 0.1) is 0 Å². The summed E-state index contributed by atoms with van der Waals surface area (Å²) in [5.74, 6) is -0.398. The van der Waals surface area contributed by atoms with Gasteiger partial charge >= 0.3 is 5.97 Å². The highest BCUT2D eigenvalue weighted by Gasteiger charge is 2.18. The quantitative estimate of drug-likeness (QED) is 0.550. The zero-order valence-corrected chi connectivity index (χ0v) is 15.1. The highest BCUT2D eigenvalue weighted by Crippen LogP contribution is 2.15. The maximum atomic E-state index is 12.5. The Morgan fingerprint density at radius 2 is 1.62 bits per heavy atom. The van der Waals surface area contributed by atoms with Crippen LogP contribution in [0.1, 0.15) is 35.7 Å². The Bertz CT molecular complexity index is 726. The second kappa shape index (κ2) is 10.2. The van der Waals surface area contributed by atoms with Gasteiger partial charge in [-0.05, 0) is 37.5 Å². The van der Waals surface area contributed by atoms with Crippen molar-refractivity contribution < 1.29 is 14.3 Å². The van der Waals surface area contributed by atoms with Crippen molar-refractivity contribution in [2.24, 2.45) is 0 Å². The van der Waals surface area contributed by atoms with Gasteiger partial charge in [-0.15, -0.1) is 0 Å². The summed E-state index contributed by atoms with van der Waals surface area (Å²) in [4.78, 5) is 24.2. The standard InChI is InChI=1S/C22H25NO3/c1-3-26-21(24)15-14-17(2)20(16-18-10-6-4-7-11-18)23-22(25)19-12-8-5-9-13-19/h4-13,20H,2-3,14-16H2,1H3,(H,23,25)/t20-/m0/s1. The van der Waals surface area contributed by atoms with Crippen molar-refractivity contribution in [2.75, 3.05) is 6.61 Å². The van der Waals surface area contributed by atoms with Gasteiger partial charge in [0.05, 0.1) is 12.6 Å². The van der Waals surface area contributed by atoms with E-state index in [-0.39, 0.29) is 24.3 Å². The van der Waals surface area contributed by atoms with E-state index in [0.717, 1.165) is 11.1 Å². The molecule has 0 aliphatic heterocycles. The number of carbonyl (C=O) groups excluding carboxylic acids is 2. The molecule has 2 aromatic rings. The smallest absolute Gasteiger partial charge is 0.306 e. The van der Waals surface area contributed by atoms with Crippen LogP contribution in [0.3, 0.4) is 0 Å². The normalized spacial score (nSPS) is 11.4. The monoisotopic (exact) mass is 351 g/mol. The lowest BCUT2D eigenvalue weighted by molar-refractivity contribution is -0.143. The number of ether oxygens (including phenoxy) is 1. The summed E-state index contributed by atoms with van der Waals surface area (Å²) < 4.78 is 4.97. The SMILES string of the molecule is C=C(CCC(=O)OCC)[C@H](Cc1ccccc1)NC(=O)c1ccccc1. The van der Waals surface area contributed by atoms with Gasteiger partial charge in [-0.3, -0.25) is 9.59 Å². The third-order valence-electron chi connectivity index (χ3n) is 4.07. The first-order valence-electron chi connectivity index (χ1n) is 8.83. The highest BCUT2D eigenvalue weighted by atomic mass is 16.5. The number of carbonyl (C=O) groups is 2. The number of nitrogens with one attached hydrogen (secondary N) is 1. The molecule has 0 heterocycles. The lowest BCUT2D eigenvalue weighted by Crippen LogP contribution is -2.37. The molecule has 2 aromatic carbocycles. The third-order valence-corrected chi connectivity index (χ3v) is 4.07. The van der Waals surface area contributed by atoms with Gasteiger partial charge in [0.15, 0.2) is 0 Å². The Morgan fingerprint density at radius 1 is 1.00 bits per heavy atom. The van der Waals surface area contributed by atoms with Gasteiger partial charge in [0.25, 0.3) is 5.91 Å². The molecular weight excluding hydrogens is 326 g/mol. The summed E-state index contributed by atoms with van der Waals surface area (Å²) in [6.45, 7) is 6.25. The second-order valence-electron chi connectivity index (χ2n) is 6.05. The molecule has 0 aromatic heterocycles. The molecule has 0 fully saturated rings. The van der Waals surface area contributed by atoms with E-state index in [1.165, 1.54) is 0 Å². The molecule has 0 aliphatic carbocycles. The van der Waals surface area contributed by atoms with Crippen molar-refractivity contribution in [1.82, 2.24) is 5.32 Å². The summed E-state index contributed by atoms with van der Waals surface area (Å²) in [5, 5.41) is 3.05. The molecule has 4 heteroatoms. The Hall–Kier alpha value is -2.88. The van der Waals surface area contributed by atoms with Crippen molar-refractivity contribution in [1.29, 1.82) is 0 Å². The largest absolute Gasteiger partial charge is 0.466 e. The summed E-state index contributed by atoms with van der Waals surface area (Å²) in [6.07, 6.45) is 1.37. The molecule has 0 bridgehead atoms. The van der Waals surface area contributed by atoms with Crippen molar-refractivity contribution in [3.8, 4) is 0 Å². The average Bonchev–Trinajstić information content (AvgIpc) is 2.67. The lowest BCUT2D eigenvalue weighted by Gasteiger charge is -2.21. The van der Waals surface area contributed by atoms with Crippen LogP contribution in [0.2, 0.25) is 0 Å². The molecule has 2 rings (SSSR count). The predicted molar refractivity (Wildman–Crippen MR) is 103 cm³/mol. The highest BCUT2D eigenvalue weighted by molar-refractivity contribution is 5.94. The van der Waals surface area contributed by atoms with Crippen LogP contribution in [0.5, 0.6) is 0 Å². The summed E-state index contributed by atoms with van der Waals surface area (Å²) in [5.41, 5.74) is 2.51. The van der Waals surface area contributed by atoms with Crippen molar-refractivity contribution in [3.05, 3.63) is 83.9 Å². The molecule has 0 unspecified atom stereocenters. The van der Waals surface area contributed by atoms with Crippen LogP contribution >= 0.6 is 0 Å². The number of esters is 1. The van der Waals surface area contributed by atoms with Gasteiger partial charge in [-0.25, -0.2) is 0 Å². The van der Waals surface area contributed by atoms with Gasteiger partial charge in [-0.2, -0.15) is 0 Å². The number of hydrogen-bond donors (Lipinski definition) is 1. The molecule has 0 aliphatic rings. The topological polar surface area (TPSA) is 55.4 Å². The van der Waals surface area contributed by atoms with Gasteiger partial charge < -0.3 is 10.1 Å². The Labute approximate surface area is 154 Å². The number of amides is 1. The van der Waals surface area contributed by atoms with Crippen molar-refractivity contribution in [2.45, 2.75) is 32.2 Å². The second-order valence-corrected chi connectivity index (χ2v) is 6.05. The molecule has 1 amide bonds. The minimum absolute atomic E-state index is 0.149. The minimum Gasteiger partial charge on any atom is -0.466 e. The molecular formula is C22H25NO3. The van der Waals surface area contributed by atoms with Crippen LogP contribution in [0.15, 0.2) is 72.8 Å². The van der Waals surface area contributed by atoms with Crippen LogP contribution < -0.4 is 5.32 Å². The molecule has 26 heavy (non-hydrogen) atoms. The zero-order valence-electron chi connectivity index (χ0n) is 15.1. The summed E-state index contributed by atoms with van der Waals surface area (Å²) in [7, 11) is 0. The van der Waals surface area contributed by atoms with Crippen LogP contribution in [-0.4, -0.2) is 24.5 Å². The van der Waals surface area contributed by atoms with Crippen molar-refractivity contribution in [3.63, 3.8) is 0 Å². The van der Waals surface area contributed by atoms with E-state index >= 15 is 0 Å². The van der Waals surface area contributed by atoms with Gasteiger partial charge in [0.2, 0.25) is 0 Å². The minimum atomic E-state index is -0.250. The molecule has 1 N–H and O–H groups in total. The van der Waals surface area contributed by atoms with Crippen LogP contribution in [0.25, 0.3) is 0 Å². The summed E-state index contributed by atoms with van der Waals surface area (Å²) >= 11 is 0. The molecule has 136 valence electrons. The third kappa shape index (κ3) is 6.20. The van der Waals surface area contributed by atoms with E-state index in [0.29, 0.717) is 25.0 Å². The molecule has 0 spiro atoms.